The Morgan fingerprint density at radius 1 is 0.900 bits per heavy atom. The Bertz CT molecular complexity index is 1420. The summed E-state index contributed by atoms with van der Waals surface area (Å²) in [7, 11) is 0. The quantitative estimate of drug-likeness (QED) is 0.307. The first-order chi connectivity index (χ1) is 14.5. The summed E-state index contributed by atoms with van der Waals surface area (Å²) < 4.78 is 2.20. The highest BCUT2D eigenvalue weighted by Gasteiger charge is 2.17. The molecule has 0 saturated carbocycles. The van der Waals surface area contributed by atoms with Crippen molar-refractivity contribution < 1.29 is 4.79 Å². The maximum absolute atomic E-state index is 12.8. The number of nitrogens with zero attached hydrogens (tertiary/aromatic N) is 1. The largest absolute Gasteiger partial charge is 0.321 e. The lowest BCUT2D eigenvalue weighted by Crippen LogP contribution is -2.10. The molecule has 0 aliphatic rings. The summed E-state index contributed by atoms with van der Waals surface area (Å²) in [4.78, 5) is 18.0. The molecule has 0 radical (unpaired) electrons. The predicted octanol–water partition coefficient (Wildman–Crippen LogP) is 7.70. The first kappa shape index (κ1) is 19.2. The fourth-order valence-electron chi connectivity index (χ4n) is 3.36. The first-order valence-corrected chi connectivity index (χ1v) is 11.5. The van der Waals surface area contributed by atoms with E-state index >= 15 is 0 Å². The van der Waals surface area contributed by atoms with Gasteiger partial charge in [-0.05, 0) is 67.4 Å². The number of hydrogen-bond donors (Lipinski definition) is 1. The van der Waals surface area contributed by atoms with Gasteiger partial charge in [-0.1, -0.05) is 29.8 Å². The standard InChI is InChI=1S/C24H17ClN2OS2/c1-13-3-9-17-19(11-13)29-22(21(17)25)23(28)26-16-7-5-15(6-8-16)24-27-18-10-4-14(2)12-20(18)30-24/h3-12H,1-2H3,(H,26,28). The summed E-state index contributed by atoms with van der Waals surface area (Å²) in [6, 6.07) is 20.1. The molecule has 1 N–H and O–H groups in total. The number of carbonyl (C=O) groups excluding carboxylic acids is 1. The van der Waals surface area contributed by atoms with Crippen LogP contribution in [0.15, 0.2) is 60.7 Å². The van der Waals surface area contributed by atoms with Gasteiger partial charge in [0.15, 0.2) is 0 Å². The van der Waals surface area contributed by atoms with Gasteiger partial charge in [-0.15, -0.1) is 22.7 Å². The van der Waals surface area contributed by atoms with Crippen molar-refractivity contribution >= 4 is 66.2 Å². The van der Waals surface area contributed by atoms with Crippen molar-refractivity contribution in [3.8, 4) is 10.6 Å². The second-order valence-electron chi connectivity index (χ2n) is 7.27. The Morgan fingerprint density at radius 3 is 2.37 bits per heavy atom. The van der Waals surface area contributed by atoms with Crippen LogP contribution in [-0.4, -0.2) is 10.9 Å². The Balaban J connectivity index is 1.39. The molecule has 5 rings (SSSR count). The molecule has 2 heterocycles. The van der Waals surface area contributed by atoms with Gasteiger partial charge in [0.25, 0.3) is 5.91 Å². The van der Waals surface area contributed by atoms with Gasteiger partial charge in [0, 0.05) is 21.3 Å². The number of carbonyl (C=O) groups is 1. The van der Waals surface area contributed by atoms with Gasteiger partial charge >= 0.3 is 0 Å². The number of nitrogens with one attached hydrogen (secondary N) is 1. The van der Waals surface area contributed by atoms with Crippen molar-refractivity contribution in [2.45, 2.75) is 13.8 Å². The van der Waals surface area contributed by atoms with E-state index in [1.54, 1.807) is 11.3 Å². The lowest BCUT2D eigenvalue weighted by Gasteiger charge is -2.05. The maximum atomic E-state index is 12.8. The van der Waals surface area contributed by atoms with E-state index in [2.05, 4.69) is 36.5 Å². The molecule has 0 aliphatic heterocycles. The lowest BCUT2D eigenvalue weighted by molar-refractivity contribution is 0.103. The number of aryl methyl sites for hydroxylation is 2. The molecule has 0 spiro atoms. The van der Waals surface area contributed by atoms with Crippen LogP contribution in [0.5, 0.6) is 0 Å². The number of thiazole rings is 1. The number of halogens is 1. The van der Waals surface area contributed by atoms with Crippen molar-refractivity contribution in [3.05, 3.63) is 81.7 Å². The summed E-state index contributed by atoms with van der Waals surface area (Å²) in [5.41, 5.74) is 5.14. The van der Waals surface area contributed by atoms with Gasteiger partial charge in [0.2, 0.25) is 0 Å². The van der Waals surface area contributed by atoms with E-state index in [0.717, 1.165) is 37.4 Å². The third-order valence-corrected chi connectivity index (χ3v) is 7.65. The zero-order chi connectivity index (χ0) is 20.8. The average Bonchev–Trinajstić information content (AvgIpc) is 3.29. The van der Waals surface area contributed by atoms with Gasteiger partial charge in [-0.3, -0.25) is 4.79 Å². The Labute approximate surface area is 187 Å². The van der Waals surface area contributed by atoms with Crippen molar-refractivity contribution in [2.24, 2.45) is 0 Å². The molecule has 0 fully saturated rings. The molecular formula is C24H17ClN2OS2. The normalized spacial score (nSPS) is 11.3. The molecule has 0 aliphatic carbocycles. The van der Waals surface area contributed by atoms with Crippen LogP contribution in [0, 0.1) is 13.8 Å². The fraction of sp³-hybridized carbons (Fsp3) is 0.0833. The number of hydrogen-bond acceptors (Lipinski definition) is 4. The molecule has 0 unspecified atom stereocenters. The third-order valence-electron chi connectivity index (χ3n) is 4.92. The van der Waals surface area contributed by atoms with E-state index in [1.807, 2.05) is 43.3 Å². The summed E-state index contributed by atoms with van der Waals surface area (Å²) in [5, 5.41) is 5.35. The molecule has 0 saturated heterocycles. The molecule has 3 aromatic carbocycles. The minimum absolute atomic E-state index is 0.193. The molecule has 0 bridgehead atoms. The highest BCUT2D eigenvalue weighted by atomic mass is 35.5. The molecule has 30 heavy (non-hydrogen) atoms. The van der Waals surface area contributed by atoms with Crippen LogP contribution < -0.4 is 5.32 Å². The minimum atomic E-state index is -0.193. The van der Waals surface area contributed by atoms with E-state index < -0.39 is 0 Å². The predicted molar refractivity (Wildman–Crippen MR) is 129 cm³/mol. The molecule has 1 amide bonds. The highest BCUT2D eigenvalue weighted by Crippen LogP contribution is 2.36. The topological polar surface area (TPSA) is 42.0 Å². The van der Waals surface area contributed by atoms with Gasteiger partial charge < -0.3 is 5.32 Å². The van der Waals surface area contributed by atoms with E-state index in [0.29, 0.717) is 9.90 Å². The van der Waals surface area contributed by atoms with E-state index in [-0.39, 0.29) is 5.91 Å². The number of rotatable bonds is 3. The SMILES string of the molecule is Cc1ccc2nc(-c3ccc(NC(=O)c4sc5cc(C)ccc5c4Cl)cc3)sc2c1. The molecule has 6 heteroatoms. The van der Waals surface area contributed by atoms with E-state index in [1.165, 1.54) is 21.6 Å². The minimum Gasteiger partial charge on any atom is -0.321 e. The molecular weight excluding hydrogens is 432 g/mol. The second-order valence-corrected chi connectivity index (χ2v) is 9.73. The number of benzene rings is 3. The fourth-order valence-corrected chi connectivity index (χ4v) is 5.94. The zero-order valence-corrected chi connectivity index (χ0v) is 18.7. The van der Waals surface area contributed by atoms with Crippen LogP contribution in [0.3, 0.4) is 0 Å². The Hall–Kier alpha value is -2.73. The smallest absolute Gasteiger partial charge is 0.267 e. The van der Waals surface area contributed by atoms with Crippen molar-refractivity contribution in [2.75, 3.05) is 5.32 Å². The van der Waals surface area contributed by atoms with Gasteiger partial charge in [0.05, 0.1) is 15.2 Å². The molecule has 2 aromatic heterocycles. The summed E-state index contributed by atoms with van der Waals surface area (Å²) >= 11 is 9.56. The van der Waals surface area contributed by atoms with Crippen LogP contribution in [-0.2, 0) is 0 Å². The summed E-state index contributed by atoms with van der Waals surface area (Å²) in [6.45, 7) is 4.11. The zero-order valence-electron chi connectivity index (χ0n) is 16.3. The second kappa shape index (κ2) is 7.51. The number of aromatic nitrogens is 1. The van der Waals surface area contributed by atoms with Crippen LogP contribution in [0.1, 0.15) is 20.8 Å². The monoisotopic (exact) mass is 448 g/mol. The number of thiophene rings is 1. The average molecular weight is 449 g/mol. The third kappa shape index (κ3) is 3.49. The van der Waals surface area contributed by atoms with Gasteiger partial charge in [0.1, 0.15) is 9.88 Å². The molecule has 3 nitrogen and oxygen atoms in total. The Kier molecular flexibility index (Phi) is 4.82. The summed E-state index contributed by atoms with van der Waals surface area (Å²) in [5.74, 6) is -0.193. The van der Waals surface area contributed by atoms with Gasteiger partial charge in [-0.2, -0.15) is 0 Å². The first-order valence-electron chi connectivity index (χ1n) is 9.45. The summed E-state index contributed by atoms with van der Waals surface area (Å²) in [6.07, 6.45) is 0. The van der Waals surface area contributed by atoms with Crippen molar-refractivity contribution in [3.63, 3.8) is 0 Å². The number of anilines is 1. The Morgan fingerprint density at radius 2 is 1.60 bits per heavy atom. The van der Waals surface area contributed by atoms with Gasteiger partial charge in [-0.25, -0.2) is 4.98 Å². The van der Waals surface area contributed by atoms with Crippen LogP contribution in [0.2, 0.25) is 5.02 Å². The molecule has 148 valence electrons. The van der Waals surface area contributed by atoms with Crippen LogP contribution >= 0.6 is 34.3 Å². The van der Waals surface area contributed by atoms with Crippen LogP contribution in [0.25, 0.3) is 30.9 Å². The van der Waals surface area contributed by atoms with Crippen LogP contribution in [0.4, 0.5) is 5.69 Å². The number of amides is 1. The van der Waals surface area contributed by atoms with Crippen molar-refractivity contribution in [1.29, 1.82) is 0 Å². The highest BCUT2D eigenvalue weighted by molar-refractivity contribution is 7.22. The molecule has 0 atom stereocenters. The van der Waals surface area contributed by atoms with Crippen molar-refractivity contribution in [1.82, 2.24) is 4.98 Å². The van der Waals surface area contributed by atoms with E-state index in [4.69, 9.17) is 16.6 Å². The number of fused-ring (bicyclic) bond motifs is 2. The maximum Gasteiger partial charge on any atom is 0.267 e. The van der Waals surface area contributed by atoms with E-state index in [9.17, 15) is 4.79 Å². The lowest BCUT2D eigenvalue weighted by atomic mass is 10.2. The molecule has 5 aromatic rings.